The van der Waals surface area contributed by atoms with E-state index < -0.39 is 0 Å². The molecule has 0 saturated carbocycles. The summed E-state index contributed by atoms with van der Waals surface area (Å²) < 4.78 is 5.32. The van der Waals surface area contributed by atoms with Crippen molar-refractivity contribution in [2.45, 2.75) is 12.3 Å². The van der Waals surface area contributed by atoms with Gasteiger partial charge in [0.05, 0.1) is 13.2 Å². The lowest BCUT2D eigenvalue weighted by molar-refractivity contribution is 0.00803. The highest BCUT2D eigenvalue weighted by Crippen LogP contribution is 2.27. The molecule has 0 atom stereocenters. The molecule has 0 aromatic heterocycles. The predicted octanol–water partition coefficient (Wildman–Crippen LogP) is 1.25. The molecule has 2 aliphatic rings. The monoisotopic (exact) mass is 246 g/mol. The Hall–Kier alpha value is -0.900. The van der Waals surface area contributed by atoms with Crippen LogP contribution in [-0.4, -0.2) is 50.8 Å². The highest BCUT2D eigenvalue weighted by Gasteiger charge is 2.22. The highest BCUT2D eigenvalue weighted by molar-refractivity contribution is 5.32. The SMILES string of the molecule is c1ccc(C2COC2)c(CCN2CCNCC2)c1. The highest BCUT2D eigenvalue weighted by atomic mass is 16.5. The van der Waals surface area contributed by atoms with E-state index in [1.165, 1.54) is 37.2 Å². The lowest BCUT2D eigenvalue weighted by atomic mass is 9.91. The van der Waals surface area contributed by atoms with Crippen LogP contribution < -0.4 is 5.32 Å². The van der Waals surface area contributed by atoms with Crippen molar-refractivity contribution in [2.24, 2.45) is 0 Å². The number of piperazine rings is 1. The molecule has 2 saturated heterocycles. The van der Waals surface area contributed by atoms with Crippen LogP contribution in [0.2, 0.25) is 0 Å². The van der Waals surface area contributed by atoms with Gasteiger partial charge >= 0.3 is 0 Å². The first-order valence-electron chi connectivity index (χ1n) is 7.02. The van der Waals surface area contributed by atoms with Crippen molar-refractivity contribution in [1.82, 2.24) is 10.2 Å². The van der Waals surface area contributed by atoms with Crippen LogP contribution in [0.15, 0.2) is 24.3 Å². The van der Waals surface area contributed by atoms with E-state index >= 15 is 0 Å². The molecule has 0 amide bonds. The summed E-state index contributed by atoms with van der Waals surface area (Å²) >= 11 is 0. The normalized spacial score (nSPS) is 21.8. The van der Waals surface area contributed by atoms with Crippen LogP contribution in [0.25, 0.3) is 0 Å². The summed E-state index contributed by atoms with van der Waals surface area (Å²) in [5.41, 5.74) is 3.03. The molecule has 1 N–H and O–H groups in total. The van der Waals surface area contributed by atoms with Crippen molar-refractivity contribution in [1.29, 1.82) is 0 Å². The third-order valence-electron chi connectivity index (χ3n) is 4.04. The van der Waals surface area contributed by atoms with Crippen LogP contribution in [-0.2, 0) is 11.2 Å². The van der Waals surface area contributed by atoms with Gasteiger partial charge in [0.25, 0.3) is 0 Å². The maximum Gasteiger partial charge on any atom is 0.0557 e. The molecule has 1 aromatic carbocycles. The summed E-state index contributed by atoms with van der Waals surface area (Å²) in [6, 6.07) is 8.88. The second-order valence-electron chi connectivity index (χ2n) is 5.27. The van der Waals surface area contributed by atoms with Gasteiger partial charge in [0.1, 0.15) is 0 Å². The molecule has 2 heterocycles. The van der Waals surface area contributed by atoms with E-state index in [0.717, 1.165) is 26.3 Å². The summed E-state index contributed by atoms with van der Waals surface area (Å²) in [7, 11) is 0. The largest absolute Gasteiger partial charge is 0.380 e. The molecular formula is C15H22N2O. The zero-order valence-electron chi connectivity index (χ0n) is 10.9. The van der Waals surface area contributed by atoms with E-state index in [1.807, 2.05) is 0 Å². The maximum absolute atomic E-state index is 5.32. The molecule has 1 aromatic rings. The minimum Gasteiger partial charge on any atom is -0.380 e. The van der Waals surface area contributed by atoms with Crippen LogP contribution in [0.5, 0.6) is 0 Å². The molecular weight excluding hydrogens is 224 g/mol. The van der Waals surface area contributed by atoms with Crippen molar-refractivity contribution in [3.8, 4) is 0 Å². The Kier molecular flexibility index (Phi) is 3.93. The van der Waals surface area contributed by atoms with Crippen LogP contribution in [0.4, 0.5) is 0 Å². The molecule has 3 nitrogen and oxygen atoms in total. The average Bonchev–Trinajstić information content (AvgIpc) is 2.37. The van der Waals surface area contributed by atoms with Gasteiger partial charge in [-0.25, -0.2) is 0 Å². The van der Waals surface area contributed by atoms with Gasteiger partial charge < -0.3 is 15.0 Å². The third-order valence-corrected chi connectivity index (χ3v) is 4.04. The van der Waals surface area contributed by atoms with Crippen molar-refractivity contribution < 1.29 is 4.74 Å². The zero-order valence-corrected chi connectivity index (χ0v) is 10.9. The lowest BCUT2D eigenvalue weighted by Gasteiger charge is -2.30. The summed E-state index contributed by atoms with van der Waals surface area (Å²) in [5, 5.41) is 3.40. The fourth-order valence-corrected chi connectivity index (χ4v) is 2.79. The first-order valence-corrected chi connectivity index (χ1v) is 7.02. The van der Waals surface area contributed by atoms with Crippen molar-refractivity contribution in [3.63, 3.8) is 0 Å². The quantitative estimate of drug-likeness (QED) is 0.865. The second kappa shape index (κ2) is 5.83. The number of hydrogen-bond donors (Lipinski definition) is 1. The molecule has 0 unspecified atom stereocenters. The van der Waals surface area contributed by atoms with Gasteiger partial charge in [-0.1, -0.05) is 24.3 Å². The molecule has 18 heavy (non-hydrogen) atoms. The van der Waals surface area contributed by atoms with Gasteiger partial charge in [-0.05, 0) is 17.5 Å². The van der Waals surface area contributed by atoms with E-state index in [2.05, 4.69) is 34.5 Å². The minimum atomic E-state index is 0.643. The van der Waals surface area contributed by atoms with Crippen LogP contribution in [0.3, 0.4) is 0 Å². The Balaban J connectivity index is 1.60. The Morgan fingerprint density at radius 1 is 1.17 bits per heavy atom. The van der Waals surface area contributed by atoms with E-state index in [9.17, 15) is 0 Å². The van der Waals surface area contributed by atoms with Crippen LogP contribution >= 0.6 is 0 Å². The summed E-state index contributed by atoms with van der Waals surface area (Å²) in [4.78, 5) is 2.56. The Morgan fingerprint density at radius 2 is 1.94 bits per heavy atom. The Bertz CT molecular complexity index is 384. The van der Waals surface area contributed by atoms with Gasteiger partial charge in [-0.2, -0.15) is 0 Å². The zero-order chi connectivity index (χ0) is 12.2. The van der Waals surface area contributed by atoms with Crippen molar-refractivity contribution in [2.75, 3.05) is 45.9 Å². The van der Waals surface area contributed by atoms with E-state index in [-0.39, 0.29) is 0 Å². The molecule has 0 radical (unpaired) electrons. The number of benzene rings is 1. The van der Waals surface area contributed by atoms with Gasteiger partial charge in [0.15, 0.2) is 0 Å². The smallest absolute Gasteiger partial charge is 0.0557 e. The summed E-state index contributed by atoms with van der Waals surface area (Å²) in [6.45, 7) is 7.65. The Labute approximate surface area is 109 Å². The van der Waals surface area contributed by atoms with E-state index in [4.69, 9.17) is 4.74 Å². The van der Waals surface area contributed by atoms with E-state index in [1.54, 1.807) is 0 Å². The second-order valence-corrected chi connectivity index (χ2v) is 5.27. The maximum atomic E-state index is 5.32. The van der Waals surface area contributed by atoms with Gasteiger partial charge in [-0.3, -0.25) is 0 Å². The number of nitrogens with zero attached hydrogens (tertiary/aromatic N) is 1. The number of nitrogens with one attached hydrogen (secondary N) is 1. The number of ether oxygens (including phenoxy) is 1. The lowest BCUT2D eigenvalue weighted by Crippen LogP contribution is -2.44. The van der Waals surface area contributed by atoms with Crippen LogP contribution in [0, 0.1) is 0 Å². The number of rotatable bonds is 4. The van der Waals surface area contributed by atoms with Gasteiger partial charge in [-0.15, -0.1) is 0 Å². The predicted molar refractivity (Wildman–Crippen MR) is 73.0 cm³/mol. The first kappa shape index (κ1) is 12.2. The van der Waals surface area contributed by atoms with Crippen molar-refractivity contribution >= 4 is 0 Å². The molecule has 0 aliphatic carbocycles. The summed E-state index contributed by atoms with van der Waals surface area (Å²) in [6.07, 6.45) is 1.17. The molecule has 2 aliphatic heterocycles. The van der Waals surface area contributed by atoms with Gasteiger partial charge in [0, 0.05) is 38.6 Å². The van der Waals surface area contributed by atoms with Gasteiger partial charge in [0.2, 0.25) is 0 Å². The molecule has 3 rings (SSSR count). The molecule has 3 heteroatoms. The fraction of sp³-hybridized carbons (Fsp3) is 0.600. The molecule has 0 spiro atoms. The van der Waals surface area contributed by atoms with Crippen LogP contribution in [0.1, 0.15) is 17.0 Å². The summed E-state index contributed by atoms with van der Waals surface area (Å²) in [5.74, 6) is 0.643. The van der Waals surface area contributed by atoms with Crippen molar-refractivity contribution in [3.05, 3.63) is 35.4 Å². The minimum absolute atomic E-state index is 0.643. The topological polar surface area (TPSA) is 24.5 Å². The van der Waals surface area contributed by atoms with E-state index in [0.29, 0.717) is 5.92 Å². The molecule has 0 bridgehead atoms. The number of hydrogen-bond acceptors (Lipinski definition) is 3. The molecule has 2 fully saturated rings. The first-order chi connectivity index (χ1) is 8.93. The standard InChI is InChI=1S/C15H22N2O/c1-2-4-15(14-11-18-12-14)13(3-1)5-8-17-9-6-16-7-10-17/h1-4,14,16H,5-12H2. The molecule has 98 valence electrons. The average molecular weight is 246 g/mol. The Morgan fingerprint density at radius 3 is 2.67 bits per heavy atom. The fourth-order valence-electron chi connectivity index (χ4n) is 2.79. The third kappa shape index (κ3) is 2.74.